The zero-order chi connectivity index (χ0) is 10.8. The lowest BCUT2D eigenvalue weighted by Crippen LogP contribution is -2.22. The van der Waals surface area contributed by atoms with E-state index in [1.807, 2.05) is 0 Å². The predicted octanol–water partition coefficient (Wildman–Crippen LogP) is 0.399. The second kappa shape index (κ2) is 3.73. The molecule has 1 amide bonds. The summed E-state index contributed by atoms with van der Waals surface area (Å²) in [7, 11) is 0. The summed E-state index contributed by atoms with van der Waals surface area (Å²) in [5.41, 5.74) is 0.733. The smallest absolute Gasteiger partial charge is 0.227 e. The van der Waals surface area contributed by atoms with Gasteiger partial charge in [0.05, 0.1) is 5.97 Å². The van der Waals surface area contributed by atoms with Crippen LogP contribution in [0, 0.1) is 5.92 Å². The Hall–Kier alpha value is -1.84. The zero-order valence-electron chi connectivity index (χ0n) is 8.03. The average molecular weight is 204 g/mol. The fourth-order valence-electron chi connectivity index (χ4n) is 1.28. The summed E-state index contributed by atoms with van der Waals surface area (Å²) in [4.78, 5) is 21.8. The SMILES string of the molecule is O=C([O-])c1ccc(NC(=O)C2CC2)cc1. The molecule has 4 heteroatoms. The molecular formula is C11H10NO3-. The van der Waals surface area contributed by atoms with Gasteiger partial charge in [-0.25, -0.2) is 0 Å². The first-order valence-corrected chi connectivity index (χ1v) is 4.79. The molecule has 1 aliphatic rings. The zero-order valence-corrected chi connectivity index (χ0v) is 8.03. The van der Waals surface area contributed by atoms with E-state index in [1.54, 1.807) is 12.1 Å². The molecule has 0 saturated heterocycles. The van der Waals surface area contributed by atoms with E-state index in [9.17, 15) is 14.7 Å². The third-order valence-corrected chi connectivity index (χ3v) is 2.34. The normalized spacial score (nSPS) is 14.7. The first-order chi connectivity index (χ1) is 7.16. The standard InChI is InChI=1S/C11H11NO3/c13-10(7-1-2-7)12-9-5-3-8(4-6-9)11(14)15/h3-7H,1-2H2,(H,12,13)(H,14,15)/p-1. The van der Waals surface area contributed by atoms with Gasteiger partial charge in [-0.3, -0.25) is 4.79 Å². The molecule has 1 fully saturated rings. The molecule has 0 unspecified atom stereocenters. The maximum absolute atomic E-state index is 11.4. The van der Waals surface area contributed by atoms with Crippen LogP contribution in [0.3, 0.4) is 0 Å². The second-order valence-corrected chi connectivity index (χ2v) is 3.63. The Labute approximate surface area is 86.9 Å². The number of nitrogens with one attached hydrogen (secondary N) is 1. The van der Waals surface area contributed by atoms with Crippen LogP contribution in [-0.2, 0) is 4.79 Å². The largest absolute Gasteiger partial charge is 0.545 e. The van der Waals surface area contributed by atoms with E-state index >= 15 is 0 Å². The van der Waals surface area contributed by atoms with Crippen molar-refractivity contribution in [3.63, 3.8) is 0 Å². The van der Waals surface area contributed by atoms with Crippen molar-refractivity contribution in [2.45, 2.75) is 12.8 Å². The number of carbonyl (C=O) groups is 2. The van der Waals surface area contributed by atoms with Crippen LogP contribution in [-0.4, -0.2) is 11.9 Å². The summed E-state index contributed by atoms with van der Waals surface area (Å²) in [5.74, 6) is -1.06. The van der Waals surface area contributed by atoms with Gasteiger partial charge < -0.3 is 15.2 Å². The lowest BCUT2D eigenvalue weighted by atomic mass is 10.2. The Bertz CT molecular complexity index is 393. The molecule has 1 aliphatic carbocycles. The van der Waals surface area contributed by atoms with Gasteiger partial charge in [0.2, 0.25) is 5.91 Å². The molecular weight excluding hydrogens is 194 g/mol. The fraction of sp³-hybridized carbons (Fsp3) is 0.273. The molecule has 0 aromatic heterocycles. The monoisotopic (exact) mass is 204 g/mol. The minimum absolute atomic E-state index is 0.0104. The fourth-order valence-corrected chi connectivity index (χ4v) is 1.28. The number of carbonyl (C=O) groups excluding carboxylic acids is 2. The number of hydrogen-bond acceptors (Lipinski definition) is 3. The lowest BCUT2D eigenvalue weighted by Gasteiger charge is -2.06. The minimum atomic E-state index is -1.21. The molecule has 0 aliphatic heterocycles. The minimum Gasteiger partial charge on any atom is -0.545 e. The number of hydrogen-bond donors (Lipinski definition) is 1. The third kappa shape index (κ3) is 2.34. The van der Waals surface area contributed by atoms with Crippen molar-refractivity contribution in [2.75, 3.05) is 5.32 Å². The van der Waals surface area contributed by atoms with Crippen LogP contribution in [0.1, 0.15) is 23.2 Å². The van der Waals surface area contributed by atoms with Gasteiger partial charge in [0.15, 0.2) is 0 Å². The van der Waals surface area contributed by atoms with E-state index in [0.29, 0.717) is 5.69 Å². The Balaban J connectivity index is 2.03. The molecule has 1 saturated carbocycles. The van der Waals surface area contributed by atoms with Gasteiger partial charge in [-0.1, -0.05) is 12.1 Å². The van der Waals surface area contributed by atoms with Gasteiger partial charge in [0.25, 0.3) is 0 Å². The number of rotatable bonds is 3. The van der Waals surface area contributed by atoms with Gasteiger partial charge in [0, 0.05) is 11.6 Å². The highest BCUT2D eigenvalue weighted by molar-refractivity contribution is 5.94. The van der Waals surface area contributed by atoms with Gasteiger partial charge in [-0.2, -0.15) is 0 Å². The molecule has 15 heavy (non-hydrogen) atoms. The molecule has 2 rings (SSSR count). The van der Waals surface area contributed by atoms with Crippen LogP contribution in [0.5, 0.6) is 0 Å². The summed E-state index contributed by atoms with van der Waals surface area (Å²) < 4.78 is 0. The molecule has 1 aromatic rings. The van der Waals surface area contributed by atoms with Gasteiger partial charge in [-0.05, 0) is 30.5 Å². The van der Waals surface area contributed by atoms with E-state index in [4.69, 9.17) is 0 Å². The highest BCUT2D eigenvalue weighted by Gasteiger charge is 2.29. The Morgan fingerprint density at radius 1 is 1.20 bits per heavy atom. The molecule has 0 spiro atoms. The van der Waals surface area contributed by atoms with E-state index in [1.165, 1.54) is 12.1 Å². The maximum Gasteiger partial charge on any atom is 0.227 e. The number of carboxylic acid groups (broad SMARTS) is 1. The Morgan fingerprint density at radius 2 is 1.80 bits per heavy atom. The van der Waals surface area contributed by atoms with E-state index in [2.05, 4.69) is 5.32 Å². The molecule has 1 N–H and O–H groups in total. The van der Waals surface area contributed by atoms with E-state index < -0.39 is 5.97 Å². The molecule has 0 atom stereocenters. The number of anilines is 1. The molecule has 78 valence electrons. The number of amides is 1. The van der Waals surface area contributed by atoms with Crippen molar-refractivity contribution < 1.29 is 14.7 Å². The molecule has 1 aromatic carbocycles. The van der Waals surface area contributed by atoms with Crippen LogP contribution < -0.4 is 10.4 Å². The molecule has 0 bridgehead atoms. The van der Waals surface area contributed by atoms with Crippen molar-refractivity contribution >= 4 is 17.6 Å². The quantitative estimate of drug-likeness (QED) is 0.774. The third-order valence-electron chi connectivity index (χ3n) is 2.34. The first-order valence-electron chi connectivity index (χ1n) is 4.79. The van der Waals surface area contributed by atoms with E-state index in [-0.39, 0.29) is 17.4 Å². The number of benzene rings is 1. The number of carboxylic acids is 1. The average Bonchev–Trinajstić information content (AvgIpc) is 3.01. The van der Waals surface area contributed by atoms with Crippen LogP contribution in [0.25, 0.3) is 0 Å². The highest BCUT2D eigenvalue weighted by Crippen LogP contribution is 2.30. The first kappa shape index (κ1) is 9.71. The molecule has 0 heterocycles. The van der Waals surface area contributed by atoms with Crippen LogP contribution in [0.15, 0.2) is 24.3 Å². The summed E-state index contributed by atoms with van der Waals surface area (Å²) in [6, 6.07) is 5.95. The van der Waals surface area contributed by atoms with Crippen molar-refractivity contribution in [1.82, 2.24) is 0 Å². The van der Waals surface area contributed by atoms with Crippen LogP contribution in [0.2, 0.25) is 0 Å². The maximum atomic E-state index is 11.4. The van der Waals surface area contributed by atoms with Crippen molar-refractivity contribution in [2.24, 2.45) is 5.92 Å². The predicted molar refractivity (Wildman–Crippen MR) is 52.1 cm³/mol. The van der Waals surface area contributed by atoms with Crippen LogP contribution >= 0.6 is 0 Å². The summed E-state index contributed by atoms with van der Waals surface area (Å²) in [6.07, 6.45) is 1.89. The molecule has 0 radical (unpaired) electrons. The van der Waals surface area contributed by atoms with Gasteiger partial charge in [0.1, 0.15) is 0 Å². The summed E-state index contributed by atoms with van der Waals surface area (Å²) >= 11 is 0. The van der Waals surface area contributed by atoms with Gasteiger partial charge in [-0.15, -0.1) is 0 Å². The van der Waals surface area contributed by atoms with E-state index in [0.717, 1.165) is 12.8 Å². The topological polar surface area (TPSA) is 69.2 Å². The summed E-state index contributed by atoms with van der Waals surface area (Å²) in [6.45, 7) is 0. The van der Waals surface area contributed by atoms with Crippen molar-refractivity contribution in [1.29, 1.82) is 0 Å². The van der Waals surface area contributed by atoms with Crippen molar-refractivity contribution in [3.05, 3.63) is 29.8 Å². The van der Waals surface area contributed by atoms with Crippen molar-refractivity contribution in [3.8, 4) is 0 Å². The number of aromatic carboxylic acids is 1. The lowest BCUT2D eigenvalue weighted by molar-refractivity contribution is -0.255. The molecule has 4 nitrogen and oxygen atoms in total. The highest BCUT2D eigenvalue weighted by atomic mass is 16.4. The summed E-state index contributed by atoms with van der Waals surface area (Å²) in [5, 5.41) is 13.2. The van der Waals surface area contributed by atoms with Crippen LogP contribution in [0.4, 0.5) is 5.69 Å². The Kier molecular flexibility index (Phi) is 2.41. The second-order valence-electron chi connectivity index (χ2n) is 3.63. The Morgan fingerprint density at radius 3 is 2.27 bits per heavy atom. The van der Waals surface area contributed by atoms with Gasteiger partial charge >= 0.3 is 0 Å².